The fourth-order valence-electron chi connectivity index (χ4n) is 3.31. The molecule has 0 aromatic carbocycles. The SMILES string of the molecule is C[C@H](Nc1nc(C(=O)NC2CCCC2)c2sccc2n1)c1ccccn1. The quantitative estimate of drug-likeness (QED) is 0.714. The minimum Gasteiger partial charge on any atom is -0.348 e. The van der Waals surface area contributed by atoms with Gasteiger partial charge in [-0.25, -0.2) is 9.97 Å². The van der Waals surface area contributed by atoms with Gasteiger partial charge in [0.05, 0.1) is 22.0 Å². The molecule has 26 heavy (non-hydrogen) atoms. The summed E-state index contributed by atoms with van der Waals surface area (Å²) in [5, 5.41) is 8.34. The van der Waals surface area contributed by atoms with Gasteiger partial charge in [0, 0.05) is 12.2 Å². The molecule has 0 aliphatic heterocycles. The largest absolute Gasteiger partial charge is 0.348 e. The highest BCUT2D eigenvalue weighted by atomic mass is 32.1. The number of pyridine rings is 1. The minimum atomic E-state index is -0.111. The summed E-state index contributed by atoms with van der Waals surface area (Å²) >= 11 is 1.50. The Morgan fingerprint density at radius 1 is 1.23 bits per heavy atom. The van der Waals surface area contributed by atoms with Crippen LogP contribution >= 0.6 is 11.3 Å². The number of rotatable bonds is 5. The summed E-state index contributed by atoms with van der Waals surface area (Å²) in [7, 11) is 0. The van der Waals surface area contributed by atoms with Crippen molar-refractivity contribution < 1.29 is 4.79 Å². The number of nitrogens with zero attached hydrogens (tertiary/aromatic N) is 3. The molecule has 3 aromatic heterocycles. The van der Waals surface area contributed by atoms with Crippen LogP contribution in [-0.2, 0) is 0 Å². The van der Waals surface area contributed by atoms with Crippen molar-refractivity contribution in [1.82, 2.24) is 20.3 Å². The monoisotopic (exact) mass is 367 g/mol. The van der Waals surface area contributed by atoms with E-state index in [0.29, 0.717) is 11.6 Å². The lowest BCUT2D eigenvalue weighted by molar-refractivity contribution is 0.0935. The van der Waals surface area contributed by atoms with Crippen molar-refractivity contribution in [3.8, 4) is 0 Å². The van der Waals surface area contributed by atoms with Gasteiger partial charge in [0.2, 0.25) is 5.95 Å². The Morgan fingerprint density at radius 3 is 2.85 bits per heavy atom. The van der Waals surface area contributed by atoms with Gasteiger partial charge in [0.1, 0.15) is 0 Å². The molecule has 134 valence electrons. The Bertz CT molecular complexity index is 905. The highest BCUT2D eigenvalue weighted by Gasteiger charge is 2.22. The average molecular weight is 367 g/mol. The molecule has 0 spiro atoms. The molecule has 1 atom stereocenters. The first-order chi connectivity index (χ1) is 12.7. The molecular weight excluding hydrogens is 346 g/mol. The average Bonchev–Trinajstić information content (AvgIpc) is 3.33. The van der Waals surface area contributed by atoms with Gasteiger partial charge in [-0.3, -0.25) is 9.78 Å². The number of hydrogen-bond acceptors (Lipinski definition) is 6. The number of carbonyl (C=O) groups is 1. The Balaban J connectivity index is 1.60. The van der Waals surface area contributed by atoms with Crippen LogP contribution in [0.5, 0.6) is 0 Å². The number of fused-ring (bicyclic) bond motifs is 1. The maximum atomic E-state index is 12.8. The summed E-state index contributed by atoms with van der Waals surface area (Å²) in [5.41, 5.74) is 2.14. The first kappa shape index (κ1) is 16.9. The summed E-state index contributed by atoms with van der Waals surface area (Å²) in [6, 6.07) is 7.91. The molecule has 4 rings (SSSR count). The third-order valence-corrected chi connectivity index (χ3v) is 5.60. The number of amides is 1. The van der Waals surface area contributed by atoms with Crippen LogP contribution in [0, 0.1) is 0 Å². The van der Waals surface area contributed by atoms with Gasteiger partial charge >= 0.3 is 0 Å². The smallest absolute Gasteiger partial charge is 0.271 e. The van der Waals surface area contributed by atoms with E-state index >= 15 is 0 Å². The molecule has 1 aliphatic carbocycles. The molecular formula is C19H21N5OS. The predicted octanol–water partition coefficient (Wildman–Crippen LogP) is 3.93. The lowest BCUT2D eigenvalue weighted by Gasteiger charge is -2.15. The molecule has 0 unspecified atom stereocenters. The fourth-order valence-corrected chi connectivity index (χ4v) is 4.12. The summed E-state index contributed by atoms with van der Waals surface area (Å²) in [5.74, 6) is 0.339. The minimum absolute atomic E-state index is 0.0574. The molecule has 1 fully saturated rings. The number of anilines is 1. The van der Waals surface area contributed by atoms with E-state index in [-0.39, 0.29) is 18.0 Å². The lowest BCUT2D eigenvalue weighted by Crippen LogP contribution is -2.33. The number of hydrogen-bond donors (Lipinski definition) is 2. The van der Waals surface area contributed by atoms with Crippen LogP contribution in [0.15, 0.2) is 35.8 Å². The topological polar surface area (TPSA) is 79.8 Å². The summed E-state index contributed by atoms with van der Waals surface area (Å²) < 4.78 is 0.830. The maximum absolute atomic E-state index is 12.8. The van der Waals surface area contributed by atoms with Crippen molar-refractivity contribution >= 4 is 33.4 Å². The van der Waals surface area contributed by atoms with E-state index in [1.165, 1.54) is 24.2 Å². The van der Waals surface area contributed by atoms with E-state index in [9.17, 15) is 4.79 Å². The number of aromatic nitrogens is 3. The Hall–Kier alpha value is -2.54. The van der Waals surface area contributed by atoms with E-state index in [1.54, 1.807) is 6.20 Å². The van der Waals surface area contributed by atoms with Gasteiger partial charge in [-0.15, -0.1) is 11.3 Å². The summed E-state index contributed by atoms with van der Waals surface area (Å²) in [6.45, 7) is 2.00. The molecule has 0 bridgehead atoms. The lowest BCUT2D eigenvalue weighted by atomic mass is 10.2. The van der Waals surface area contributed by atoms with E-state index in [4.69, 9.17) is 0 Å². The van der Waals surface area contributed by atoms with Gasteiger partial charge in [-0.05, 0) is 43.3 Å². The van der Waals surface area contributed by atoms with E-state index in [1.807, 2.05) is 36.6 Å². The maximum Gasteiger partial charge on any atom is 0.271 e. The second-order valence-electron chi connectivity index (χ2n) is 6.61. The van der Waals surface area contributed by atoms with Gasteiger partial charge in [-0.1, -0.05) is 18.9 Å². The molecule has 3 aromatic rings. The molecule has 2 N–H and O–H groups in total. The molecule has 1 amide bonds. The van der Waals surface area contributed by atoms with Crippen LogP contribution in [0.25, 0.3) is 10.2 Å². The molecule has 6 nitrogen and oxygen atoms in total. The third kappa shape index (κ3) is 3.53. The molecule has 1 saturated carbocycles. The number of carbonyl (C=O) groups excluding carboxylic acids is 1. The van der Waals surface area contributed by atoms with Crippen molar-refractivity contribution in [3.05, 3.63) is 47.2 Å². The van der Waals surface area contributed by atoms with Crippen LogP contribution in [-0.4, -0.2) is 26.9 Å². The number of thiophene rings is 1. The molecule has 7 heteroatoms. The Labute approximate surface area is 156 Å². The molecule has 3 heterocycles. The van der Waals surface area contributed by atoms with Crippen molar-refractivity contribution in [2.45, 2.75) is 44.7 Å². The van der Waals surface area contributed by atoms with Crippen molar-refractivity contribution in [2.75, 3.05) is 5.32 Å². The van der Waals surface area contributed by atoms with Crippen LogP contribution < -0.4 is 10.6 Å². The Kier molecular flexibility index (Phi) is 4.79. The summed E-state index contributed by atoms with van der Waals surface area (Å²) in [6.07, 6.45) is 6.21. The van der Waals surface area contributed by atoms with Crippen LogP contribution in [0.2, 0.25) is 0 Å². The van der Waals surface area contributed by atoms with Crippen LogP contribution in [0.4, 0.5) is 5.95 Å². The second-order valence-corrected chi connectivity index (χ2v) is 7.52. The van der Waals surface area contributed by atoms with E-state index in [0.717, 1.165) is 28.8 Å². The standard InChI is InChI=1S/C19H21N5OS/c1-12(14-8-4-5-10-20-14)21-19-23-15-9-11-26-17(15)16(24-19)18(25)22-13-6-2-3-7-13/h4-5,8-13H,2-3,6-7H2,1H3,(H,22,25)(H,21,23,24)/t12-/m0/s1. The molecule has 0 saturated heterocycles. The van der Waals surface area contributed by atoms with Crippen molar-refractivity contribution in [1.29, 1.82) is 0 Å². The van der Waals surface area contributed by atoms with Gasteiger partial charge in [-0.2, -0.15) is 0 Å². The van der Waals surface area contributed by atoms with Gasteiger partial charge < -0.3 is 10.6 Å². The fraction of sp³-hybridized carbons (Fsp3) is 0.368. The third-order valence-electron chi connectivity index (χ3n) is 4.69. The Morgan fingerprint density at radius 2 is 2.08 bits per heavy atom. The van der Waals surface area contributed by atoms with Crippen LogP contribution in [0.1, 0.15) is 54.8 Å². The van der Waals surface area contributed by atoms with E-state index in [2.05, 4.69) is 25.6 Å². The normalized spacial score (nSPS) is 15.9. The van der Waals surface area contributed by atoms with Gasteiger partial charge in [0.25, 0.3) is 5.91 Å². The van der Waals surface area contributed by atoms with Crippen molar-refractivity contribution in [2.24, 2.45) is 0 Å². The van der Waals surface area contributed by atoms with Crippen molar-refractivity contribution in [3.63, 3.8) is 0 Å². The zero-order valence-electron chi connectivity index (χ0n) is 14.6. The zero-order valence-corrected chi connectivity index (χ0v) is 15.4. The number of nitrogens with one attached hydrogen (secondary N) is 2. The van der Waals surface area contributed by atoms with E-state index < -0.39 is 0 Å². The zero-order chi connectivity index (χ0) is 17.9. The van der Waals surface area contributed by atoms with Crippen LogP contribution in [0.3, 0.4) is 0 Å². The van der Waals surface area contributed by atoms with Gasteiger partial charge in [0.15, 0.2) is 5.69 Å². The second kappa shape index (κ2) is 7.37. The molecule has 0 radical (unpaired) electrons. The first-order valence-electron chi connectivity index (χ1n) is 8.94. The first-order valence-corrected chi connectivity index (χ1v) is 9.82. The summed E-state index contributed by atoms with van der Waals surface area (Å²) in [4.78, 5) is 26.2. The predicted molar refractivity (Wildman–Crippen MR) is 103 cm³/mol. The molecule has 1 aliphatic rings. The highest BCUT2D eigenvalue weighted by Crippen LogP contribution is 2.26. The highest BCUT2D eigenvalue weighted by molar-refractivity contribution is 7.17.